The zero-order valence-electron chi connectivity index (χ0n) is 12.9. The van der Waals surface area contributed by atoms with E-state index in [1.165, 1.54) is 32.1 Å². The van der Waals surface area contributed by atoms with Crippen molar-refractivity contribution in [1.29, 1.82) is 0 Å². The van der Waals surface area contributed by atoms with E-state index in [4.69, 9.17) is 0 Å². The number of nitrogens with zero attached hydrogens (tertiary/aromatic N) is 1. The van der Waals surface area contributed by atoms with Gasteiger partial charge >= 0.3 is 0 Å². The van der Waals surface area contributed by atoms with Crippen LogP contribution in [0.25, 0.3) is 10.9 Å². The number of hydrogen-bond donors (Lipinski definition) is 1. The highest BCUT2D eigenvalue weighted by molar-refractivity contribution is 5.91. The van der Waals surface area contributed by atoms with E-state index in [9.17, 15) is 4.79 Å². The predicted octanol–water partition coefficient (Wildman–Crippen LogP) is 3.92. The Bertz CT molecular complexity index is 683. The van der Waals surface area contributed by atoms with Crippen molar-refractivity contribution in [3.63, 3.8) is 0 Å². The topological polar surface area (TPSA) is 34.0 Å². The molecule has 0 saturated heterocycles. The van der Waals surface area contributed by atoms with Gasteiger partial charge in [0.15, 0.2) is 0 Å². The lowest BCUT2D eigenvalue weighted by atomic mass is 9.84. The maximum absolute atomic E-state index is 12.1. The van der Waals surface area contributed by atoms with Crippen LogP contribution in [0.5, 0.6) is 0 Å². The summed E-state index contributed by atoms with van der Waals surface area (Å²) in [6.45, 7) is 2.25. The Labute approximate surface area is 126 Å². The fraction of sp³-hybridized carbons (Fsp3) is 0.500. The number of hydrogen-bond acceptors (Lipinski definition) is 2. The van der Waals surface area contributed by atoms with Crippen LogP contribution >= 0.6 is 0 Å². The van der Waals surface area contributed by atoms with Gasteiger partial charge in [-0.25, -0.2) is 0 Å². The molecule has 3 rings (SSSR count). The van der Waals surface area contributed by atoms with Crippen LogP contribution in [0.3, 0.4) is 0 Å². The lowest BCUT2D eigenvalue weighted by molar-refractivity contribution is 0.328. The SMILES string of the molecule is CC(Nc1cc(=O)n(C)c2ccccc12)C1CCCCC1. The van der Waals surface area contributed by atoms with Crippen LogP contribution < -0.4 is 10.9 Å². The zero-order valence-corrected chi connectivity index (χ0v) is 12.9. The number of pyridine rings is 1. The van der Waals surface area contributed by atoms with Gasteiger partial charge in [-0.3, -0.25) is 4.79 Å². The number of nitrogens with one attached hydrogen (secondary N) is 1. The van der Waals surface area contributed by atoms with Gasteiger partial charge in [0.05, 0.1) is 5.52 Å². The normalized spacial score (nSPS) is 17.8. The van der Waals surface area contributed by atoms with E-state index in [2.05, 4.69) is 18.3 Å². The third kappa shape index (κ3) is 2.82. The second kappa shape index (κ2) is 5.92. The monoisotopic (exact) mass is 284 g/mol. The summed E-state index contributed by atoms with van der Waals surface area (Å²) in [5, 5.41) is 4.74. The van der Waals surface area contributed by atoms with Crippen LogP contribution in [-0.2, 0) is 7.05 Å². The van der Waals surface area contributed by atoms with E-state index in [-0.39, 0.29) is 5.56 Å². The quantitative estimate of drug-likeness (QED) is 0.927. The highest BCUT2D eigenvalue weighted by Gasteiger charge is 2.20. The fourth-order valence-corrected chi connectivity index (χ4v) is 3.53. The molecule has 0 aliphatic heterocycles. The molecule has 3 heteroatoms. The Morgan fingerprint density at radius 2 is 1.90 bits per heavy atom. The summed E-state index contributed by atoms with van der Waals surface area (Å²) in [5.74, 6) is 0.724. The summed E-state index contributed by atoms with van der Waals surface area (Å²) in [6.07, 6.45) is 6.66. The van der Waals surface area contributed by atoms with Gasteiger partial charge in [-0.2, -0.15) is 0 Å². The molecule has 1 aliphatic carbocycles. The van der Waals surface area contributed by atoms with E-state index in [1.54, 1.807) is 10.6 Å². The summed E-state index contributed by atoms with van der Waals surface area (Å²) >= 11 is 0. The number of rotatable bonds is 3. The molecule has 0 bridgehead atoms. The molecule has 1 aromatic heterocycles. The van der Waals surface area contributed by atoms with Gasteiger partial charge in [-0.15, -0.1) is 0 Å². The fourth-order valence-electron chi connectivity index (χ4n) is 3.53. The average molecular weight is 284 g/mol. The van der Waals surface area contributed by atoms with E-state index in [1.807, 2.05) is 25.2 Å². The van der Waals surface area contributed by atoms with Crippen molar-refractivity contribution in [3.8, 4) is 0 Å². The molecule has 1 aromatic carbocycles. The first-order valence-electron chi connectivity index (χ1n) is 8.02. The first-order valence-corrected chi connectivity index (χ1v) is 8.02. The molecule has 1 fully saturated rings. The summed E-state index contributed by atoms with van der Waals surface area (Å²) in [7, 11) is 1.83. The molecular weight excluding hydrogens is 260 g/mol. The van der Waals surface area contributed by atoms with E-state index < -0.39 is 0 Å². The van der Waals surface area contributed by atoms with E-state index >= 15 is 0 Å². The molecule has 1 saturated carbocycles. The van der Waals surface area contributed by atoms with Gasteiger partial charge in [-0.05, 0) is 31.7 Å². The molecule has 1 heterocycles. The minimum absolute atomic E-state index is 0.0482. The Balaban J connectivity index is 1.93. The lowest BCUT2D eigenvalue weighted by Gasteiger charge is -2.29. The average Bonchev–Trinajstić information content (AvgIpc) is 2.53. The van der Waals surface area contributed by atoms with Crippen LogP contribution in [0.15, 0.2) is 35.1 Å². The maximum Gasteiger partial charge on any atom is 0.252 e. The molecule has 0 radical (unpaired) electrons. The van der Waals surface area contributed by atoms with Crippen molar-refractivity contribution >= 4 is 16.6 Å². The Kier molecular flexibility index (Phi) is 4.00. The number of aryl methyl sites for hydroxylation is 1. The van der Waals surface area contributed by atoms with Crippen molar-refractivity contribution in [2.24, 2.45) is 13.0 Å². The Morgan fingerprint density at radius 1 is 1.19 bits per heavy atom. The van der Waals surface area contributed by atoms with Crippen molar-refractivity contribution < 1.29 is 0 Å². The molecule has 2 aromatic rings. The Hall–Kier alpha value is -1.77. The maximum atomic E-state index is 12.1. The number of anilines is 1. The molecule has 3 nitrogen and oxygen atoms in total. The molecule has 1 unspecified atom stereocenters. The van der Waals surface area contributed by atoms with E-state index in [0.29, 0.717) is 6.04 Å². The molecule has 0 spiro atoms. The molecule has 1 aliphatic rings. The lowest BCUT2D eigenvalue weighted by Crippen LogP contribution is -2.29. The van der Waals surface area contributed by atoms with Gasteiger partial charge < -0.3 is 9.88 Å². The summed E-state index contributed by atoms with van der Waals surface area (Å²) in [6, 6.07) is 10.3. The smallest absolute Gasteiger partial charge is 0.252 e. The van der Waals surface area contributed by atoms with Gasteiger partial charge in [0.25, 0.3) is 5.56 Å². The van der Waals surface area contributed by atoms with Crippen molar-refractivity contribution in [1.82, 2.24) is 4.57 Å². The van der Waals surface area contributed by atoms with Crippen LogP contribution in [0.2, 0.25) is 0 Å². The van der Waals surface area contributed by atoms with Gasteiger partial charge in [0.2, 0.25) is 0 Å². The minimum atomic E-state index is 0.0482. The van der Waals surface area contributed by atoms with Crippen LogP contribution in [0.4, 0.5) is 5.69 Å². The van der Waals surface area contributed by atoms with E-state index in [0.717, 1.165) is 22.5 Å². The highest BCUT2D eigenvalue weighted by Crippen LogP contribution is 2.29. The number of aromatic nitrogens is 1. The third-order valence-electron chi connectivity index (χ3n) is 4.89. The second-order valence-electron chi connectivity index (χ2n) is 6.30. The van der Waals surface area contributed by atoms with Crippen LogP contribution in [-0.4, -0.2) is 10.6 Å². The third-order valence-corrected chi connectivity index (χ3v) is 4.89. The molecule has 1 atom stereocenters. The minimum Gasteiger partial charge on any atom is -0.382 e. The highest BCUT2D eigenvalue weighted by atomic mass is 16.1. The van der Waals surface area contributed by atoms with Crippen LogP contribution in [0, 0.1) is 5.92 Å². The van der Waals surface area contributed by atoms with Gasteiger partial charge in [0.1, 0.15) is 0 Å². The number of fused-ring (bicyclic) bond motifs is 1. The summed E-state index contributed by atoms with van der Waals surface area (Å²) < 4.78 is 1.71. The van der Waals surface area contributed by atoms with Crippen molar-refractivity contribution in [2.45, 2.75) is 45.1 Å². The van der Waals surface area contributed by atoms with Crippen LogP contribution in [0.1, 0.15) is 39.0 Å². The summed E-state index contributed by atoms with van der Waals surface area (Å²) in [4.78, 5) is 12.1. The zero-order chi connectivity index (χ0) is 14.8. The largest absolute Gasteiger partial charge is 0.382 e. The molecule has 112 valence electrons. The van der Waals surface area contributed by atoms with Gasteiger partial charge in [-0.1, -0.05) is 37.5 Å². The molecule has 21 heavy (non-hydrogen) atoms. The number of para-hydroxylation sites is 1. The standard InChI is InChI=1S/C18H24N2O/c1-13(14-8-4-3-5-9-14)19-16-12-18(21)20(2)17-11-7-6-10-15(16)17/h6-7,10-14,19H,3-5,8-9H2,1-2H3. The number of benzene rings is 1. The molecular formula is C18H24N2O. The molecule has 1 N–H and O–H groups in total. The second-order valence-corrected chi connectivity index (χ2v) is 6.30. The van der Waals surface area contributed by atoms with Gasteiger partial charge in [0, 0.05) is 30.2 Å². The first-order chi connectivity index (χ1) is 10.2. The van der Waals surface area contributed by atoms with Crippen molar-refractivity contribution in [2.75, 3.05) is 5.32 Å². The predicted molar refractivity (Wildman–Crippen MR) is 88.8 cm³/mol. The first kappa shape index (κ1) is 14.2. The molecule has 0 amide bonds. The summed E-state index contributed by atoms with van der Waals surface area (Å²) in [5.41, 5.74) is 2.02. The van der Waals surface area contributed by atoms with Crippen molar-refractivity contribution in [3.05, 3.63) is 40.7 Å². The Morgan fingerprint density at radius 3 is 2.67 bits per heavy atom.